The Labute approximate surface area is 153 Å². The summed E-state index contributed by atoms with van der Waals surface area (Å²) in [5, 5.41) is 13.2. The molecule has 0 amide bonds. The summed E-state index contributed by atoms with van der Waals surface area (Å²) in [7, 11) is 0. The van der Waals surface area contributed by atoms with Crippen molar-refractivity contribution in [1.82, 2.24) is 4.98 Å². The van der Waals surface area contributed by atoms with Gasteiger partial charge in [-0.05, 0) is 44.4 Å². The lowest BCUT2D eigenvalue weighted by Crippen LogP contribution is -2.33. The quantitative estimate of drug-likeness (QED) is 0.903. The van der Waals surface area contributed by atoms with Gasteiger partial charge in [0.2, 0.25) is 0 Å². The van der Waals surface area contributed by atoms with E-state index in [2.05, 4.69) is 11.4 Å². The number of anilines is 1. The van der Waals surface area contributed by atoms with Crippen LogP contribution in [0.2, 0.25) is 0 Å². The molecule has 0 unspecified atom stereocenters. The summed E-state index contributed by atoms with van der Waals surface area (Å²) < 4.78 is 17.3. The highest BCUT2D eigenvalue weighted by molar-refractivity contribution is 5.69. The van der Waals surface area contributed by atoms with Gasteiger partial charge in [-0.2, -0.15) is 5.26 Å². The molecule has 26 heavy (non-hydrogen) atoms. The van der Waals surface area contributed by atoms with Crippen LogP contribution in [0.3, 0.4) is 0 Å². The van der Waals surface area contributed by atoms with Crippen molar-refractivity contribution in [3.63, 3.8) is 0 Å². The fraction of sp³-hybridized carbons (Fsp3) is 0.500. The third kappa shape index (κ3) is 3.20. The second-order valence-corrected chi connectivity index (χ2v) is 7.47. The number of ether oxygens (including phenoxy) is 2. The van der Waals surface area contributed by atoms with E-state index in [0.29, 0.717) is 36.7 Å². The van der Waals surface area contributed by atoms with E-state index in [-0.39, 0.29) is 11.7 Å². The highest BCUT2D eigenvalue weighted by atomic mass is 16.5. The van der Waals surface area contributed by atoms with Crippen molar-refractivity contribution in [2.75, 3.05) is 18.5 Å². The second kappa shape index (κ2) is 6.75. The molecule has 4 heterocycles. The zero-order valence-corrected chi connectivity index (χ0v) is 15.2. The number of hydrogen-bond acceptors (Lipinski definition) is 6. The number of aromatic nitrogens is 1. The van der Waals surface area contributed by atoms with Gasteiger partial charge < -0.3 is 19.2 Å². The van der Waals surface area contributed by atoms with Crippen molar-refractivity contribution in [3.8, 4) is 17.5 Å². The van der Waals surface area contributed by atoms with Gasteiger partial charge in [-0.15, -0.1) is 0 Å². The normalized spacial score (nSPS) is 21.2. The highest BCUT2D eigenvalue weighted by Crippen LogP contribution is 2.38. The van der Waals surface area contributed by atoms with Crippen molar-refractivity contribution < 1.29 is 13.9 Å². The third-order valence-electron chi connectivity index (χ3n) is 5.01. The van der Waals surface area contributed by atoms with Crippen molar-refractivity contribution in [2.24, 2.45) is 0 Å². The summed E-state index contributed by atoms with van der Waals surface area (Å²) in [6.45, 7) is 5.97. The Morgan fingerprint density at radius 2 is 2.27 bits per heavy atom. The topological polar surface area (TPSA) is 80.3 Å². The molecule has 1 fully saturated rings. The first-order chi connectivity index (χ1) is 12.6. The van der Waals surface area contributed by atoms with Crippen LogP contribution in [0.25, 0.3) is 11.5 Å². The lowest BCUT2D eigenvalue weighted by Gasteiger charge is -2.33. The Morgan fingerprint density at radius 1 is 1.38 bits per heavy atom. The maximum atomic E-state index is 9.83. The van der Waals surface area contributed by atoms with Crippen LogP contribution in [-0.2, 0) is 22.5 Å². The van der Waals surface area contributed by atoms with Crippen molar-refractivity contribution in [1.29, 1.82) is 5.26 Å². The van der Waals surface area contributed by atoms with Gasteiger partial charge in [-0.1, -0.05) is 0 Å². The molecule has 0 bridgehead atoms. The van der Waals surface area contributed by atoms with E-state index in [4.69, 9.17) is 18.9 Å². The molecule has 4 rings (SSSR count). The predicted octanol–water partition coefficient (Wildman–Crippen LogP) is 3.66. The number of fused-ring (bicyclic) bond motifs is 1. The van der Waals surface area contributed by atoms with Gasteiger partial charge in [0, 0.05) is 25.1 Å². The fourth-order valence-corrected chi connectivity index (χ4v) is 3.65. The summed E-state index contributed by atoms with van der Waals surface area (Å²) in [6.07, 6.45) is 4.58. The minimum absolute atomic E-state index is 0.172. The van der Waals surface area contributed by atoms with E-state index in [1.165, 1.54) is 0 Å². The Balaban J connectivity index is 1.77. The summed E-state index contributed by atoms with van der Waals surface area (Å²) >= 11 is 0. The summed E-state index contributed by atoms with van der Waals surface area (Å²) in [5.74, 6) is 1.29. The second-order valence-electron chi connectivity index (χ2n) is 7.47. The van der Waals surface area contributed by atoms with E-state index in [9.17, 15) is 5.26 Å². The van der Waals surface area contributed by atoms with Crippen LogP contribution in [0.15, 0.2) is 22.8 Å². The molecule has 0 aliphatic carbocycles. The molecule has 2 aliphatic rings. The number of nitrogens with one attached hydrogen (secondary N) is 1. The largest absolute Gasteiger partial charge is 0.463 e. The molecule has 2 aromatic rings. The monoisotopic (exact) mass is 353 g/mol. The van der Waals surface area contributed by atoms with Gasteiger partial charge in [-0.3, -0.25) is 0 Å². The van der Waals surface area contributed by atoms with E-state index in [1.54, 1.807) is 6.26 Å². The van der Waals surface area contributed by atoms with Gasteiger partial charge in [-0.25, -0.2) is 4.98 Å². The lowest BCUT2D eigenvalue weighted by atomic mass is 9.87. The van der Waals surface area contributed by atoms with Crippen LogP contribution in [-0.4, -0.2) is 29.8 Å². The van der Waals surface area contributed by atoms with Gasteiger partial charge in [0.25, 0.3) is 0 Å². The molecule has 6 heteroatoms. The molecule has 0 spiro atoms. The van der Waals surface area contributed by atoms with Crippen LogP contribution >= 0.6 is 0 Å². The molecule has 0 saturated carbocycles. The number of rotatable bonds is 4. The third-order valence-corrected chi connectivity index (χ3v) is 5.01. The number of nitriles is 1. The average Bonchev–Trinajstić information content (AvgIpc) is 3.31. The van der Waals surface area contributed by atoms with Crippen LogP contribution in [0.4, 0.5) is 5.82 Å². The van der Waals surface area contributed by atoms with E-state index < -0.39 is 0 Å². The zero-order valence-electron chi connectivity index (χ0n) is 15.2. The first-order valence-corrected chi connectivity index (χ1v) is 9.06. The molecule has 1 saturated heterocycles. The maximum absolute atomic E-state index is 9.83. The van der Waals surface area contributed by atoms with Gasteiger partial charge in [0.05, 0.1) is 30.1 Å². The van der Waals surface area contributed by atoms with Crippen LogP contribution in [0.5, 0.6) is 0 Å². The van der Waals surface area contributed by atoms with Crippen molar-refractivity contribution in [3.05, 3.63) is 35.1 Å². The SMILES string of the molecule is CC1(C)Cc2c(C#N)c(NC[C@H]3CCCO3)nc(-c3ccco3)c2CO1. The molecule has 1 N–H and O–H groups in total. The van der Waals surface area contributed by atoms with Gasteiger partial charge >= 0.3 is 0 Å². The van der Waals surface area contributed by atoms with Crippen molar-refractivity contribution >= 4 is 5.82 Å². The van der Waals surface area contributed by atoms with Crippen LogP contribution < -0.4 is 5.32 Å². The molecule has 0 aromatic carbocycles. The summed E-state index contributed by atoms with van der Waals surface area (Å²) in [5.41, 5.74) is 2.98. The highest BCUT2D eigenvalue weighted by Gasteiger charge is 2.32. The zero-order chi connectivity index (χ0) is 18.1. The summed E-state index contributed by atoms with van der Waals surface area (Å²) in [4.78, 5) is 4.75. The fourth-order valence-electron chi connectivity index (χ4n) is 3.65. The van der Waals surface area contributed by atoms with E-state index in [1.807, 2.05) is 26.0 Å². The number of hydrogen-bond donors (Lipinski definition) is 1. The number of furan rings is 1. The molecule has 2 aliphatic heterocycles. The van der Waals surface area contributed by atoms with Crippen molar-refractivity contribution in [2.45, 2.75) is 51.4 Å². The van der Waals surface area contributed by atoms with E-state index in [0.717, 1.165) is 36.3 Å². The molecule has 6 nitrogen and oxygen atoms in total. The Morgan fingerprint density at radius 3 is 2.96 bits per heavy atom. The first-order valence-electron chi connectivity index (χ1n) is 9.06. The van der Waals surface area contributed by atoms with E-state index >= 15 is 0 Å². The Bertz CT molecular complexity index is 831. The molecule has 2 aromatic heterocycles. The van der Waals surface area contributed by atoms with Crippen LogP contribution in [0.1, 0.15) is 43.4 Å². The minimum atomic E-state index is -0.313. The van der Waals surface area contributed by atoms with Gasteiger partial charge in [0.15, 0.2) is 5.76 Å². The minimum Gasteiger partial charge on any atom is -0.463 e. The summed E-state index contributed by atoms with van der Waals surface area (Å²) in [6, 6.07) is 6.09. The van der Waals surface area contributed by atoms with Gasteiger partial charge in [0.1, 0.15) is 17.6 Å². The average molecular weight is 353 g/mol. The molecular weight excluding hydrogens is 330 g/mol. The standard InChI is InChI=1S/C20H23N3O3/c1-20(2)9-14-15(10-21)19(22-11-13-5-3-7-24-13)23-18(16(14)12-26-20)17-6-4-8-25-17/h4,6,8,13H,3,5,7,9,11-12H2,1-2H3,(H,22,23)/t13-/m1/s1. The lowest BCUT2D eigenvalue weighted by molar-refractivity contribution is -0.0400. The molecule has 0 radical (unpaired) electrons. The maximum Gasteiger partial charge on any atom is 0.152 e. The Kier molecular flexibility index (Phi) is 4.43. The first kappa shape index (κ1) is 17.1. The smallest absolute Gasteiger partial charge is 0.152 e. The van der Waals surface area contributed by atoms with Crippen LogP contribution in [0, 0.1) is 11.3 Å². The number of nitrogens with zero attached hydrogens (tertiary/aromatic N) is 2. The predicted molar refractivity (Wildman–Crippen MR) is 96.7 cm³/mol. The molecular formula is C20H23N3O3. The molecule has 136 valence electrons. The number of pyridine rings is 1. The Hall–Kier alpha value is -2.36. The molecule has 1 atom stereocenters.